The molecule has 0 spiro atoms. The molecule has 9 rings (SSSR count). The van der Waals surface area contributed by atoms with Gasteiger partial charge in [0.15, 0.2) is 0 Å². The lowest BCUT2D eigenvalue weighted by Crippen LogP contribution is -2.47. The molecule has 1 aliphatic rings. The Morgan fingerprint density at radius 2 is 1.36 bits per heavy atom. The van der Waals surface area contributed by atoms with E-state index >= 15 is 0 Å². The van der Waals surface area contributed by atoms with Gasteiger partial charge in [0.1, 0.15) is 11.4 Å². The highest BCUT2D eigenvalue weighted by molar-refractivity contribution is 6.01. The standard InChI is InChI=1S/C43H39N13O2/c1-54(2)40(57)38-21-26-7-9-29(23-35(26)49-38)48-42-45-14-12-34(51-42)32-10-8-27(25-47-32)30-20-28-22-39(41(58)56-18-16-55(3)17-19-56)50-36(28)24-37(30)53-43-46-15-11-33(52-43)31-6-4-5-13-44-31/h4-15,20-25,49-50H,16-19H2,1-3H3,(H,45,48,51)(H,46,52,53). The van der Waals surface area contributed by atoms with E-state index in [1.54, 1.807) is 38.9 Å². The van der Waals surface area contributed by atoms with Crippen molar-refractivity contribution < 1.29 is 9.59 Å². The summed E-state index contributed by atoms with van der Waals surface area (Å²) in [5, 5.41) is 8.52. The van der Waals surface area contributed by atoms with Crippen LogP contribution in [-0.2, 0) is 0 Å². The number of nitrogens with one attached hydrogen (secondary N) is 4. The van der Waals surface area contributed by atoms with Crippen molar-refractivity contribution in [2.45, 2.75) is 0 Å². The number of hydrogen-bond acceptors (Lipinski definition) is 11. The smallest absolute Gasteiger partial charge is 0.270 e. The minimum Gasteiger partial charge on any atom is -0.350 e. The zero-order valence-electron chi connectivity index (χ0n) is 32.1. The number of nitrogens with zero attached hydrogens (tertiary/aromatic N) is 9. The monoisotopic (exact) mass is 769 g/mol. The Morgan fingerprint density at radius 3 is 2.07 bits per heavy atom. The lowest BCUT2D eigenvalue weighted by atomic mass is 10.0. The van der Waals surface area contributed by atoms with Crippen LogP contribution in [0.3, 0.4) is 0 Å². The molecule has 0 radical (unpaired) electrons. The minimum atomic E-state index is -0.0967. The van der Waals surface area contributed by atoms with Crippen LogP contribution in [0.5, 0.6) is 0 Å². The minimum absolute atomic E-state index is 0.0213. The number of amides is 2. The first-order chi connectivity index (χ1) is 28.2. The van der Waals surface area contributed by atoms with Crippen LogP contribution in [0.2, 0.25) is 0 Å². The molecule has 15 heteroatoms. The summed E-state index contributed by atoms with van der Waals surface area (Å²) < 4.78 is 0. The van der Waals surface area contributed by atoms with Gasteiger partial charge in [-0.2, -0.15) is 0 Å². The van der Waals surface area contributed by atoms with Gasteiger partial charge >= 0.3 is 0 Å². The quantitative estimate of drug-likeness (QED) is 0.124. The third-order valence-electron chi connectivity index (χ3n) is 10.1. The third-order valence-corrected chi connectivity index (χ3v) is 10.1. The second-order valence-corrected chi connectivity index (χ2v) is 14.4. The highest BCUT2D eigenvalue weighted by Crippen LogP contribution is 2.35. The predicted octanol–water partition coefficient (Wildman–Crippen LogP) is 6.60. The van der Waals surface area contributed by atoms with Crippen molar-refractivity contribution in [2.24, 2.45) is 0 Å². The normalized spacial score (nSPS) is 13.2. The lowest BCUT2D eigenvalue weighted by molar-refractivity contribution is 0.0659. The van der Waals surface area contributed by atoms with Gasteiger partial charge in [-0.05, 0) is 73.8 Å². The second kappa shape index (κ2) is 15.2. The molecule has 2 aromatic carbocycles. The number of pyridine rings is 2. The summed E-state index contributed by atoms with van der Waals surface area (Å²) in [6.45, 7) is 3.03. The number of rotatable bonds is 9. The molecular formula is C43H39N13O2. The molecule has 0 atom stereocenters. The summed E-state index contributed by atoms with van der Waals surface area (Å²) in [5.74, 6) is 0.679. The van der Waals surface area contributed by atoms with Gasteiger partial charge in [0.2, 0.25) is 11.9 Å². The summed E-state index contributed by atoms with van der Waals surface area (Å²) in [7, 11) is 5.52. The van der Waals surface area contributed by atoms with Gasteiger partial charge < -0.3 is 35.3 Å². The number of aromatic nitrogens is 8. The molecule has 288 valence electrons. The SMILES string of the molecule is CN1CCN(C(=O)c2cc3cc(-c4ccc(-c5ccnc(Nc6ccc7cc(C(=O)N(C)C)[nH]c7c6)n5)nc4)c(Nc4nccc(-c5ccccn5)n4)cc3[nH]2)CC1. The van der Waals surface area contributed by atoms with Crippen LogP contribution in [0, 0.1) is 0 Å². The van der Waals surface area contributed by atoms with Gasteiger partial charge in [0.05, 0.1) is 28.5 Å². The number of piperazine rings is 1. The first kappa shape index (κ1) is 36.1. The van der Waals surface area contributed by atoms with Gasteiger partial charge in [0, 0.05) is 104 Å². The molecule has 58 heavy (non-hydrogen) atoms. The molecule has 4 N–H and O–H groups in total. The van der Waals surface area contributed by atoms with Crippen LogP contribution in [0.15, 0.2) is 110 Å². The van der Waals surface area contributed by atoms with Crippen LogP contribution in [0.1, 0.15) is 21.0 Å². The van der Waals surface area contributed by atoms with Crippen molar-refractivity contribution in [3.8, 4) is 33.9 Å². The zero-order chi connectivity index (χ0) is 39.8. The van der Waals surface area contributed by atoms with Crippen molar-refractivity contribution in [2.75, 3.05) is 58.0 Å². The van der Waals surface area contributed by atoms with Crippen molar-refractivity contribution in [3.63, 3.8) is 0 Å². The van der Waals surface area contributed by atoms with E-state index in [0.717, 1.165) is 63.1 Å². The number of likely N-dealkylation sites (N-methyl/N-ethyl adjacent to an activating group) is 1. The van der Waals surface area contributed by atoms with Crippen LogP contribution < -0.4 is 10.6 Å². The number of anilines is 4. The molecule has 0 bridgehead atoms. The van der Waals surface area contributed by atoms with E-state index in [9.17, 15) is 9.59 Å². The van der Waals surface area contributed by atoms with Crippen molar-refractivity contribution in [1.29, 1.82) is 0 Å². The number of carbonyl (C=O) groups excluding carboxylic acids is 2. The fraction of sp³-hybridized carbons (Fsp3) is 0.163. The van der Waals surface area contributed by atoms with E-state index in [-0.39, 0.29) is 11.8 Å². The number of carbonyl (C=O) groups is 2. The number of aromatic amines is 2. The molecule has 0 aliphatic carbocycles. The van der Waals surface area contributed by atoms with E-state index in [1.807, 2.05) is 89.8 Å². The molecule has 6 aromatic heterocycles. The zero-order valence-corrected chi connectivity index (χ0v) is 32.1. The summed E-state index contributed by atoms with van der Waals surface area (Å²) in [6, 6.07) is 26.8. The van der Waals surface area contributed by atoms with Crippen LogP contribution in [-0.4, -0.2) is 114 Å². The first-order valence-electron chi connectivity index (χ1n) is 18.8. The maximum atomic E-state index is 13.6. The summed E-state index contributed by atoms with van der Waals surface area (Å²) in [4.78, 5) is 66.0. The molecule has 8 aromatic rings. The number of hydrogen-bond donors (Lipinski definition) is 4. The fourth-order valence-electron chi connectivity index (χ4n) is 6.97. The average molecular weight is 770 g/mol. The molecule has 15 nitrogen and oxygen atoms in total. The average Bonchev–Trinajstić information content (AvgIpc) is 3.88. The lowest BCUT2D eigenvalue weighted by Gasteiger charge is -2.32. The number of fused-ring (bicyclic) bond motifs is 2. The number of benzene rings is 2. The molecule has 2 amide bonds. The number of H-pyrrole nitrogens is 2. The van der Waals surface area contributed by atoms with Gasteiger partial charge in [0.25, 0.3) is 11.8 Å². The first-order valence-corrected chi connectivity index (χ1v) is 18.8. The third kappa shape index (κ3) is 7.41. The summed E-state index contributed by atoms with van der Waals surface area (Å²) in [6.07, 6.45) is 6.91. The van der Waals surface area contributed by atoms with Crippen LogP contribution >= 0.6 is 0 Å². The van der Waals surface area contributed by atoms with E-state index in [1.165, 1.54) is 4.90 Å². The largest absolute Gasteiger partial charge is 0.350 e. The summed E-state index contributed by atoms with van der Waals surface area (Å²) in [5.41, 5.74) is 8.55. The van der Waals surface area contributed by atoms with Crippen molar-refractivity contribution in [1.82, 2.24) is 54.6 Å². The molecule has 0 unspecified atom stereocenters. The molecule has 1 aliphatic heterocycles. The van der Waals surface area contributed by atoms with Gasteiger partial charge in [-0.3, -0.25) is 19.6 Å². The Balaban J connectivity index is 1.01. The molecule has 7 heterocycles. The molecule has 1 saturated heterocycles. The molecular weight excluding hydrogens is 731 g/mol. The Bertz CT molecular complexity index is 2790. The van der Waals surface area contributed by atoms with E-state index in [4.69, 9.17) is 15.0 Å². The Morgan fingerprint density at radius 1 is 0.655 bits per heavy atom. The molecule has 0 saturated carbocycles. The van der Waals surface area contributed by atoms with Crippen molar-refractivity contribution >= 4 is 56.9 Å². The van der Waals surface area contributed by atoms with Gasteiger partial charge in [-0.1, -0.05) is 18.2 Å². The van der Waals surface area contributed by atoms with Crippen LogP contribution in [0.4, 0.5) is 23.3 Å². The second-order valence-electron chi connectivity index (χ2n) is 14.4. The Kier molecular flexibility index (Phi) is 9.47. The highest BCUT2D eigenvalue weighted by Gasteiger charge is 2.23. The maximum absolute atomic E-state index is 13.6. The topological polar surface area (TPSA) is 177 Å². The van der Waals surface area contributed by atoms with E-state index < -0.39 is 0 Å². The predicted molar refractivity (Wildman–Crippen MR) is 224 cm³/mol. The van der Waals surface area contributed by atoms with E-state index in [0.29, 0.717) is 53.5 Å². The Labute approximate surface area is 333 Å². The Hall–Kier alpha value is -7.52. The van der Waals surface area contributed by atoms with Crippen LogP contribution in [0.25, 0.3) is 55.7 Å². The highest BCUT2D eigenvalue weighted by atomic mass is 16.2. The maximum Gasteiger partial charge on any atom is 0.270 e. The van der Waals surface area contributed by atoms with E-state index in [2.05, 4.69) is 47.5 Å². The molecule has 1 fully saturated rings. The van der Waals surface area contributed by atoms with Crippen molar-refractivity contribution in [3.05, 3.63) is 121 Å². The van der Waals surface area contributed by atoms with Gasteiger partial charge in [-0.15, -0.1) is 0 Å². The summed E-state index contributed by atoms with van der Waals surface area (Å²) >= 11 is 0. The fourth-order valence-corrected chi connectivity index (χ4v) is 6.97. The van der Waals surface area contributed by atoms with Gasteiger partial charge in [-0.25, -0.2) is 19.9 Å².